The standard InChI is InChI=1S/C19H24O2S/c1-19(2,3)17-11-13-18(14-12-17)22(20,21)15-7-10-16-8-5-4-6-9-16/h4-6,8-9,11-14H,7,10,15H2,1-3H3. The average molecular weight is 316 g/mol. The normalized spacial score (nSPS) is 12.3. The fourth-order valence-electron chi connectivity index (χ4n) is 2.39. The lowest BCUT2D eigenvalue weighted by Crippen LogP contribution is -2.12. The lowest BCUT2D eigenvalue weighted by molar-refractivity contribution is 0.585. The number of benzene rings is 2. The van der Waals surface area contributed by atoms with E-state index in [-0.39, 0.29) is 11.2 Å². The van der Waals surface area contributed by atoms with Crippen LogP contribution in [-0.4, -0.2) is 14.2 Å². The van der Waals surface area contributed by atoms with Crippen molar-refractivity contribution in [3.8, 4) is 0 Å². The monoisotopic (exact) mass is 316 g/mol. The van der Waals surface area contributed by atoms with Gasteiger partial charge in [-0.25, -0.2) is 8.42 Å². The van der Waals surface area contributed by atoms with Gasteiger partial charge in [0.15, 0.2) is 9.84 Å². The number of sulfone groups is 1. The van der Waals surface area contributed by atoms with E-state index in [9.17, 15) is 8.42 Å². The van der Waals surface area contributed by atoms with Gasteiger partial charge < -0.3 is 0 Å². The largest absolute Gasteiger partial charge is 0.224 e. The zero-order chi connectivity index (χ0) is 16.2. The SMILES string of the molecule is CC(C)(C)c1ccc(S(=O)(=O)CCCc2ccccc2)cc1. The summed E-state index contributed by atoms with van der Waals surface area (Å²) in [6.45, 7) is 6.36. The minimum absolute atomic E-state index is 0.0373. The van der Waals surface area contributed by atoms with Crippen molar-refractivity contribution in [2.24, 2.45) is 0 Å². The van der Waals surface area contributed by atoms with Crippen molar-refractivity contribution in [2.45, 2.75) is 43.9 Å². The Labute approximate surface area is 134 Å². The van der Waals surface area contributed by atoms with Crippen molar-refractivity contribution in [2.75, 3.05) is 5.75 Å². The fraction of sp³-hybridized carbons (Fsp3) is 0.368. The molecule has 0 amide bonds. The Morgan fingerprint density at radius 3 is 2.00 bits per heavy atom. The second-order valence-electron chi connectivity index (χ2n) is 6.68. The van der Waals surface area contributed by atoms with Crippen LogP contribution in [0.5, 0.6) is 0 Å². The molecule has 0 bridgehead atoms. The Kier molecular flexibility index (Phi) is 5.07. The van der Waals surface area contributed by atoms with E-state index >= 15 is 0 Å². The lowest BCUT2D eigenvalue weighted by Gasteiger charge is -2.19. The number of hydrogen-bond donors (Lipinski definition) is 0. The molecule has 0 aliphatic heterocycles. The van der Waals surface area contributed by atoms with Crippen molar-refractivity contribution in [3.63, 3.8) is 0 Å². The smallest absolute Gasteiger partial charge is 0.178 e. The molecule has 2 nitrogen and oxygen atoms in total. The van der Waals surface area contributed by atoms with E-state index in [0.717, 1.165) is 12.0 Å². The molecule has 0 N–H and O–H groups in total. The summed E-state index contributed by atoms with van der Waals surface area (Å²) in [7, 11) is -3.19. The molecule has 0 spiro atoms. The third-order valence-corrected chi connectivity index (χ3v) is 5.62. The van der Waals surface area contributed by atoms with Gasteiger partial charge in [-0.1, -0.05) is 63.2 Å². The third-order valence-electron chi connectivity index (χ3n) is 3.80. The maximum Gasteiger partial charge on any atom is 0.178 e. The molecule has 118 valence electrons. The first-order chi connectivity index (χ1) is 10.3. The van der Waals surface area contributed by atoms with Crippen LogP contribution in [0.3, 0.4) is 0 Å². The van der Waals surface area contributed by atoms with Crippen molar-refractivity contribution in [3.05, 3.63) is 65.7 Å². The quantitative estimate of drug-likeness (QED) is 0.820. The molecule has 0 aromatic heterocycles. The predicted molar refractivity (Wildman–Crippen MR) is 92.0 cm³/mol. The first kappa shape index (κ1) is 16.8. The van der Waals surface area contributed by atoms with Crippen LogP contribution >= 0.6 is 0 Å². The van der Waals surface area contributed by atoms with Gasteiger partial charge in [-0.15, -0.1) is 0 Å². The summed E-state index contributed by atoms with van der Waals surface area (Å²) >= 11 is 0. The van der Waals surface area contributed by atoms with Crippen LogP contribution in [0.1, 0.15) is 38.3 Å². The fourth-order valence-corrected chi connectivity index (χ4v) is 3.70. The first-order valence-electron chi connectivity index (χ1n) is 7.66. The summed E-state index contributed by atoms with van der Waals surface area (Å²) in [6, 6.07) is 17.3. The van der Waals surface area contributed by atoms with Gasteiger partial charge in [-0.3, -0.25) is 0 Å². The van der Waals surface area contributed by atoms with E-state index in [1.807, 2.05) is 42.5 Å². The summed E-state index contributed by atoms with van der Waals surface area (Å²) in [4.78, 5) is 0.425. The second-order valence-corrected chi connectivity index (χ2v) is 8.79. The van der Waals surface area contributed by atoms with Crippen LogP contribution < -0.4 is 0 Å². The van der Waals surface area contributed by atoms with Crippen LogP contribution in [0.15, 0.2) is 59.5 Å². The molecule has 0 saturated carbocycles. The Balaban J connectivity index is 2.01. The van der Waals surface area contributed by atoms with Gasteiger partial charge in [0.05, 0.1) is 10.6 Å². The highest BCUT2D eigenvalue weighted by molar-refractivity contribution is 7.91. The van der Waals surface area contributed by atoms with E-state index in [2.05, 4.69) is 20.8 Å². The van der Waals surface area contributed by atoms with E-state index in [0.29, 0.717) is 11.3 Å². The molecule has 0 saturated heterocycles. The molecule has 0 radical (unpaired) electrons. The molecule has 22 heavy (non-hydrogen) atoms. The topological polar surface area (TPSA) is 34.1 Å². The molecule has 3 heteroatoms. The summed E-state index contributed by atoms with van der Waals surface area (Å²) in [5, 5.41) is 0. The first-order valence-corrected chi connectivity index (χ1v) is 9.31. The zero-order valence-electron chi connectivity index (χ0n) is 13.5. The van der Waals surface area contributed by atoms with E-state index in [4.69, 9.17) is 0 Å². The van der Waals surface area contributed by atoms with Crippen LogP contribution in [0, 0.1) is 0 Å². The minimum Gasteiger partial charge on any atom is -0.224 e. The molecule has 0 heterocycles. The lowest BCUT2D eigenvalue weighted by atomic mass is 9.87. The highest BCUT2D eigenvalue weighted by Gasteiger charge is 2.17. The van der Waals surface area contributed by atoms with Gasteiger partial charge in [0.25, 0.3) is 0 Å². The molecule has 0 unspecified atom stereocenters. The van der Waals surface area contributed by atoms with Crippen LogP contribution in [0.25, 0.3) is 0 Å². The maximum atomic E-state index is 12.4. The third kappa shape index (κ3) is 4.44. The summed E-state index contributed by atoms with van der Waals surface area (Å²) in [6.07, 6.45) is 1.44. The van der Waals surface area contributed by atoms with Gasteiger partial charge in [0, 0.05) is 0 Å². The summed E-state index contributed by atoms with van der Waals surface area (Å²) in [5.41, 5.74) is 2.37. The maximum absolute atomic E-state index is 12.4. The molecular weight excluding hydrogens is 292 g/mol. The van der Waals surface area contributed by atoms with Crippen molar-refractivity contribution < 1.29 is 8.42 Å². The zero-order valence-corrected chi connectivity index (χ0v) is 14.4. The second kappa shape index (κ2) is 6.66. The highest BCUT2D eigenvalue weighted by atomic mass is 32.2. The molecule has 2 aromatic carbocycles. The Morgan fingerprint density at radius 2 is 1.45 bits per heavy atom. The predicted octanol–water partition coefficient (Wildman–Crippen LogP) is 4.39. The van der Waals surface area contributed by atoms with Crippen molar-refractivity contribution >= 4 is 9.84 Å². The van der Waals surface area contributed by atoms with E-state index in [1.165, 1.54) is 5.56 Å². The molecule has 0 aliphatic carbocycles. The van der Waals surface area contributed by atoms with Crippen molar-refractivity contribution in [1.82, 2.24) is 0 Å². The van der Waals surface area contributed by atoms with Crippen LogP contribution in [0.4, 0.5) is 0 Å². The molecular formula is C19H24O2S. The van der Waals surface area contributed by atoms with E-state index in [1.54, 1.807) is 12.1 Å². The van der Waals surface area contributed by atoms with Gasteiger partial charge in [-0.2, -0.15) is 0 Å². The highest BCUT2D eigenvalue weighted by Crippen LogP contribution is 2.24. The summed E-state index contributed by atoms with van der Waals surface area (Å²) in [5.74, 6) is 0.191. The molecule has 2 aromatic rings. The number of rotatable bonds is 5. The molecule has 0 atom stereocenters. The number of hydrogen-bond acceptors (Lipinski definition) is 2. The Hall–Kier alpha value is -1.61. The Morgan fingerprint density at radius 1 is 0.864 bits per heavy atom. The summed E-state index contributed by atoms with van der Waals surface area (Å²) < 4.78 is 24.8. The van der Waals surface area contributed by atoms with Gasteiger partial charge in [0.1, 0.15) is 0 Å². The molecule has 2 rings (SSSR count). The van der Waals surface area contributed by atoms with Crippen molar-refractivity contribution in [1.29, 1.82) is 0 Å². The molecule has 0 aliphatic rings. The molecule has 0 fully saturated rings. The minimum atomic E-state index is -3.19. The van der Waals surface area contributed by atoms with Gasteiger partial charge in [0.2, 0.25) is 0 Å². The van der Waals surface area contributed by atoms with Crippen LogP contribution in [0.2, 0.25) is 0 Å². The average Bonchev–Trinajstić information content (AvgIpc) is 2.47. The number of aryl methyl sites for hydroxylation is 1. The van der Waals surface area contributed by atoms with Gasteiger partial charge >= 0.3 is 0 Å². The van der Waals surface area contributed by atoms with Crippen LogP contribution in [-0.2, 0) is 21.7 Å². The Bertz CT molecular complexity index is 693. The van der Waals surface area contributed by atoms with Gasteiger partial charge in [-0.05, 0) is 41.5 Å². The van der Waals surface area contributed by atoms with E-state index < -0.39 is 9.84 Å².